The standard InChI is InChI=1S/C15H23N3O/c1-15(11-16)8-10-18(12-15)9-7-14(19)17-13-5-3-2-4-6-13/h2-6H,7-12,16H2,1H3,(H,17,19). The van der Waals surface area contributed by atoms with Crippen molar-refractivity contribution in [2.24, 2.45) is 11.1 Å². The molecule has 3 N–H and O–H groups in total. The van der Waals surface area contributed by atoms with E-state index >= 15 is 0 Å². The second-order valence-corrected chi connectivity index (χ2v) is 5.71. The van der Waals surface area contributed by atoms with Gasteiger partial charge in [-0.1, -0.05) is 25.1 Å². The van der Waals surface area contributed by atoms with Crippen molar-refractivity contribution in [2.75, 3.05) is 31.5 Å². The zero-order chi connectivity index (χ0) is 13.7. The number of nitrogens with zero attached hydrogens (tertiary/aromatic N) is 1. The molecule has 0 radical (unpaired) electrons. The van der Waals surface area contributed by atoms with E-state index in [1.165, 1.54) is 0 Å². The number of anilines is 1. The molecule has 1 amide bonds. The predicted octanol–water partition coefficient (Wildman–Crippen LogP) is 1.69. The molecule has 19 heavy (non-hydrogen) atoms. The van der Waals surface area contributed by atoms with Gasteiger partial charge < -0.3 is 16.0 Å². The molecule has 1 fully saturated rings. The van der Waals surface area contributed by atoms with Gasteiger partial charge >= 0.3 is 0 Å². The summed E-state index contributed by atoms with van der Waals surface area (Å²) in [5.74, 6) is 0.0764. The molecule has 1 unspecified atom stereocenters. The highest BCUT2D eigenvalue weighted by atomic mass is 16.1. The van der Waals surface area contributed by atoms with Crippen LogP contribution in [-0.4, -0.2) is 37.0 Å². The average molecular weight is 261 g/mol. The number of para-hydroxylation sites is 1. The highest BCUT2D eigenvalue weighted by molar-refractivity contribution is 5.90. The molecular formula is C15H23N3O. The van der Waals surface area contributed by atoms with Crippen molar-refractivity contribution in [3.05, 3.63) is 30.3 Å². The van der Waals surface area contributed by atoms with Gasteiger partial charge in [-0.3, -0.25) is 4.79 Å². The van der Waals surface area contributed by atoms with Crippen molar-refractivity contribution in [2.45, 2.75) is 19.8 Å². The molecular weight excluding hydrogens is 238 g/mol. The predicted molar refractivity (Wildman–Crippen MR) is 77.9 cm³/mol. The third-order valence-electron chi connectivity index (χ3n) is 3.84. The maximum atomic E-state index is 11.8. The van der Waals surface area contributed by atoms with Gasteiger partial charge in [-0.15, -0.1) is 0 Å². The van der Waals surface area contributed by atoms with Crippen LogP contribution in [0.4, 0.5) is 5.69 Å². The van der Waals surface area contributed by atoms with E-state index in [1.54, 1.807) is 0 Å². The van der Waals surface area contributed by atoms with Crippen molar-refractivity contribution in [1.82, 2.24) is 4.90 Å². The summed E-state index contributed by atoms with van der Waals surface area (Å²) in [4.78, 5) is 14.2. The zero-order valence-electron chi connectivity index (χ0n) is 11.6. The third-order valence-corrected chi connectivity index (χ3v) is 3.84. The molecule has 104 valence electrons. The van der Waals surface area contributed by atoms with Gasteiger partial charge in [0.05, 0.1) is 0 Å². The summed E-state index contributed by atoms with van der Waals surface area (Å²) in [5.41, 5.74) is 6.88. The Morgan fingerprint density at radius 2 is 2.16 bits per heavy atom. The highest BCUT2D eigenvalue weighted by Crippen LogP contribution is 2.28. The number of nitrogens with two attached hydrogens (primary N) is 1. The summed E-state index contributed by atoms with van der Waals surface area (Å²) in [6, 6.07) is 9.58. The van der Waals surface area contributed by atoms with Crippen LogP contribution >= 0.6 is 0 Å². The molecule has 4 nitrogen and oxygen atoms in total. The molecule has 0 aromatic heterocycles. The molecule has 1 heterocycles. The van der Waals surface area contributed by atoms with Crippen LogP contribution in [0.2, 0.25) is 0 Å². The number of nitrogens with one attached hydrogen (secondary N) is 1. The Kier molecular flexibility index (Phi) is 4.56. The van der Waals surface area contributed by atoms with Crippen LogP contribution in [0.15, 0.2) is 30.3 Å². The van der Waals surface area contributed by atoms with Gasteiger partial charge in [0.15, 0.2) is 0 Å². The maximum Gasteiger partial charge on any atom is 0.225 e. The van der Waals surface area contributed by atoms with Crippen molar-refractivity contribution in [1.29, 1.82) is 0 Å². The number of carbonyl (C=O) groups is 1. The van der Waals surface area contributed by atoms with Gasteiger partial charge in [0.25, 0.3) is 0 Å². The Bertz CT molecular complexity index is 421. The van der Waals surface area contributed by atoms with E-state index < -0.39 is 0 Å². The molecule has 1 aromatic carbocycles. The average Bonchev–Trinajstić information content (AvgIpc) is 2.80. The van der Waals surface area contributed by atoms with Crippen LogP contribution in [0.3, 0.4) is 0 Å². The van der Waals surface area contributed by atoms with Gasteiger partial charge in [0, 0.05) is 25.2 Å². The van der Waals surface area contributed by atoms with Gasteiger partial charge in [-0.2, -0.15) is 0 Å². The molecule has 0 aliphatic carbocycles. The first kappa shape index (κ1) is 14.0. The Morgan fingerprint density at radius 3 is 2.79 bits per heavy atom. The number of likely N-dealkylation sites (tertiary alicyclic amines) is 1. The summed E-state index contributed by atoms with van der Waals surface area (Å²) in [5, 5.41) is 2.91. The number of hydrogen-bond donors (Lipinski definition) is 2. The molecule has 2 rings (SSSR count). The van der Waals surface area contributed by atoms with Crippen LogP contribution < -0.4 is 11.1 Å². The Labute approximate surface area is 115 Å². The lowest BCUT2D eigenvalue weighted by Gasteiger charge is -2.22. The minimum absolute atomic E-state index is 0.0764. The minimum atomic E-state index is 0.0764. The van der Waals surface area contributed by atoms with Gasteiger partial charge in [0.2, 0.25) is 5.91 Å². The Morgan fingerprint density at radius 1 is 1.42 bits per heavy atom. The lowest BCUT2D eigenvalue weighted by Crippen LogP contribution is -2.32. The van der Waals surface area contributed by atoms with Crippen LogP contribution in [0, 0.1) is 5.41 Å². The zero-order valence-corrected chi connectivity index (χ0v) is 11.6. The van der Waals surface area contributed by atoms with E-state index in [0.717, 1.165) is 38.3 Å². The van der Waals surface area contributed by atoms with E-state index in [2.05, 4.69) is 17.1 Å². The molecule has 1 aliphatic heterocycles. The second-order valence-electron chi connectivity index (χ2n) is 5.71. The van der Waals surface area contributed by atoms with Crippen LogP contribution in [-0.2, 0) is 4.79 Å². The van der Waals surface area contributed by atoms with Gasteiger partial charge in [-0.25, -0.2) is 0 Å². The normalized spacial score (nSPS) is 23.5. The molecule has 1 saturated heterocycles. The summed E-state index contributed by atoms with van der Waals surface area (Å²) in [6.07, 6.45) is 1.67. The molecule has 0 saturated carbocycles. The molecule has 1 atom stereocenters. The van der Waals surface area contributed by atoms with Crippen molar-refractivity contribution < 1.29 is 4.79 Å². The smallest absolute Gasteiger partial charge is 0.225 e. The third kappa shape index (κ3) is 4.04. The van der Waals surface area contributed by atoms with Gasteiger partial charge in [0.1, 0.15) is 0 Å². The van der Waals surface area contributed by atoms with Crippen molar-refractivity contribution in [3.8, 4) is 0 Å². The first-order valence-corrected chi connectivity index (χ1v) is 6.89. The number of benzene rings is 1. The summed E-state index contributed by atoms with van der Waals surface area (Å²) < 4.78 is 0. The lowest BCUT2D eigenvalue weighted by atomic mass is 9.90. The minimum Gasteiger partial charge on any atom is -0.330 e. The monoisotopic (exact) mass is 261 g/mol. The van der Waals surface area contributed by atoms with Crippen LogP contribution in [0.25, 0.3) is 0 Å². The fraction of sp³-hybridized carbons (Fsp3) is 0.533. The highest BCUT2D eigenvalue weighted by Gasteiger charge is 2.32. The number of amides is 1. The summed E-state index contributed by atoms with van der Waals surface area (Å²) >= 11 is 0. The van der Waals surface area contributed by atoms with Gasteiger partial charge in [-0.05, 0) is 37.1 Å². The number of carbonyl (C=O) groups excluding carboxylic acids is 1. The van der Waals surface area contributed by atoms with Crippen LogP contribution in [0.1, 0.15) is 19.8 Å². The van der Waals surface area contributed by atoms with E-state index in [0.29, 0.717) is 6.42 Å². The number of rotatable bonds is 5. The summed E-state index contributed by atoms with van der Waals surface area (Å²) in [7, 11) is 0. The van der Waals surface area contributed by atoms with E-state index in [-0.39, 0.29) is 11.3 Å². The maximum absolute atomic E-state index is 11.8. The molecule has 1 aromatic rings. The molecule has 1 aliphatic rings. The fourth-order valence-corrected chi connectivity index (χ4v) is 2.49. The quantitative estimate of drug-likeness (QED) is 0.848. The second kappa shape index (κ2) is 6.17. The van der Waals surface area contributed by atoms with E-state index in [4.69, 9.17) is 5.73 Å². The van der Waals surface area contributed by atoms with Crippen LogP contribution in [0.5, 0.6) is 0 Å². The molecule has 4 heteroatoms. The van der Waals surface area contributed by atoms with Crippen molar-refractivity contribution in [3.63, 3.8) is 0 Å². The molecule has 0 spiro atoms. The summed E-state index contributed by atoms with van der Waals surface area (Å²) in [6.45, 7) is 5.81. The first-order chi connectivity index (χ1) is 9.11. The first-order valence-electron chi connectivity index (χ1n) is 6.89. The van der Waals surface area contributed by atoms with E-state index in [9.17, 15) is 4.79 Å². The lowest BCUT2D eigenvalue weighted by molar-refractivity contribution is -0.116. The SMILES string of the molecule is CC1(CN)CCN(CCC(=O)Nc2ccccc2)C1. The largest absolute Gasteiger partial charge is 0.330 e. The molecule has 0 bridgehead atoms. The topological polar surface area (TPSA) is 58.4 Å². The fourth-order valence-electron chi connectivity index (χ4n) is 2.49. The van der Waals surface area contributed by atoms with Crippen molar-refractivity contribution >= 4 is 11.6 Å². The number of hydrogen-bond acceptors (Lipinski definition) is 3. The Hall–Kier alpha value is -1.39. The Balaban J connectivity index is 1.73. The van der Waals surface area contributed by atoms with E-state index in [1.807, 2.05) is 30.3 Å².